The first-order valence-electron chi connectivity index (χ1n) is 12.1. The number of halogens is 2. The SMILES string of the molecule is [N-]=[N+]=N/C(=C\I)[C@@H]1O[C@H](c2ccccc2)OC[C@H]1OC=O.[N-]=[N+]=N/C(=C\I)[C@@H]1O[C@H](c2ccccc2)OC[C@H]1OC=O. The average Bonchev–Trinajstić information content (AvgIpc) is 3.04. The summed E-state index contributed by atoms with van der Waals surface area (Å²) in [5.74, 6) is 0. The summed E-state index contributed by atoms with van der Waals surface area (Å²) in [6.45, 7) is 0.956. The van der Waals surface area contributed by atoms with Gasteiger partial charge in [0.2, 0.25) is 0 Å². The second-order valence-electron chi connectivity index (χ2n) is 8.25. The minimum absolute atomic E-state index is 0.151. The molecule has 0 amide bonds. The lowest BCUT2D eigenvalue weighted by molar-refractivity contribution is -0.249. The van der Waals surface area contributed by atoms with Crippen molar-refractivity contribution >= 4 is 58.1 Å². The lowest BCUT2D eigenvalue weighted by Gasteiger charge is -2.35. The zero-order valence-corrected chi connectivity index (χ0v) is 26.0. The summed E-state index contributed by atoms with van der Waals surface area (Å²) in [7, 11) is 0. The molecule has 0 aromatic heterocycles. The molecule has 220 valence electrons. The van der Waals surface area contributed by atoms with E-state index in [1.165, 1.54) is 0 Å². The van der Waals surface area contributed by atoms with E-state index in [0.29, 0.717) is 24.3 Å². The van der Waals surface area contributed by atoms with Gasteiger partial charge in [-0.1, -0.05) is 116 Å². The van der Waals surface area contributed by atoms with E-state index < -0.39 is 37.0 Å². The normalized spacial score (nSPS) is 25.8. The number of ether oxygens (including phenoxy) is 6. The molecule has 4 rings (SSSR count). The summed E-state index contributed by atoms with van der Waals surface area (Å²) in [6, 6.07) is 18.7. The maximum absolute atomic E-state index is 10.6. The Morgan fingerprint density at radius 2 is 1.12 bits per heavy atom. The Hall–Kier alpha value is -3.22. The highest BCUT2D eigenvalue weighted by Gasteiger charge is 2.37. The van der Waals surface area contributed by atoms with Gasteiger partial charge in [0.05, 0.1) is 24.6 Å². The fraction of sp³-hybridized carbons (Fsp3) is 0.308. The molecule has 0 bridgehead atoms. The number of carbonyl (C=O) groups is 2. The molecule has 42 heavy (non-hydrogen) atoms. The highest BCUT2D eigenvalue weighted by molar-refractivity contribution is 14.1. The van der Waals surface area contributed by atoms with Crippen molar-refractivity contribution in [1.82, 2.24) is 0 Å². The van der Waals surface area contributed by atoms with E-state index in [9.17, 15) is 9.59 Å². The van der Waals surface area contributed by atoms with E-state index in [1.807, 2.05) is 106 Å². The molecule has 2 aliphatic rings. The van der Waals surface area contributed by atoms with Crippen molar-refractivity contribution in [3.63, 3.8) is 0 Å². The molecule has 2 aromatic carbocycles. The smallest absolute Gasteiger partial charge is 0.293 e. The number of benzene rings is 2. The van der Waals surface area contributed by atoms with Crippen LogP contribution in [0.4, 0.5) is 0 Å². The standard InChI is InChI=1S/2C13H12IN3O4/c2*14-6-10(16-17-15)12-11(20-8-18)7-19-13(21-12)9-4-2-1-3-5-9/h2*1-6,8,11-13H,7H2/b2*10-6-/t2*11-,12+,13-/m11/s1. The Labute approximate surface area is 267 Å². The van der Waals surface area contributed by atoms with Gasteiger partial charge in [-0.3, -0.25) is 9.59 Å². The van der Waals surface area contributed by atoms with E-state index >= 15 is 0 Å². The van der Waals surface area contributed by atoms with Gasteiger partial charge in [-0.15, -0.1) is 0 Å². The monoisotopic (exact) mass is 802 g/mol. The van der Waals surface area contributed by atoms with Gasteiger partial charge in [0, 0.05) is 21.0 Å². The van der Waals surface area contributed by atoms with Gasteiger partial charge in [-0.2, -0.15) is 0 Å². The van der Waals surface area contributed by atoms with Crippen LogP contribution >= 0.6 is 45.2 Å². The Morgan fingerprint density at radius 3 is 1.43 bits per heavy atom. The number of hydrogen-bond donors (Lipinski definition) is 0. The minimum Gasteiger partial charge on any atom is -0.459 e. The summed E-state index contributed by atoms with van der Waals surface area (Å²) in [6.07, 6.45) is -3.89. The molecule has 0 spiro atoms. The maximum Gasteiger partial charge on any atom is 0.293 e. The Kier molecular flexibility index (Phi) is 14.5. The molecule has 0 aliphatic carbocycles. The van der Waals surface area contributed by atoms with Crippen molar-refractivity contribution < 1.29 is 38.0 Å². The molecule has 0 unspecified atom stereocenters. The van der Waals surface area contributed by atoms with E-state index in [0.717, 1.165) is 11.1 Å². The molecule has 2 aromatic rings. The summed E-state index contributed by atoms with van der Waals surface area (Å²) in [5.41, 5.74) is 19.6. The molecular formula is C26H24I2N6O8. The van der Waals surface area contributed by atoms with E-state index in [4.69, 9.17) is 39.5 Å². The fourth-order valence-electron chi connectivity index (χ4n) is 3.90. The van der Waals surface area contributed by atoms with Gasteiger partial charge < -0.3 is 28.4 Å². The lowest BCUT2D eigenvalue weighted by Crippen LogP contribution is -2.42. The zero-order valence-electron chi connectivity index (χ0n) is 21.7. The predicted molar refractivity (Wildman–Crippen MR) is 164 cm³/mol. The third kappa shape index (κ3) is 9.40. The van der Waals surface area contributed by atoms with Crippen LogP contribution in [0.5, 0.6) is 0 Å². The number of nitrogens with zero attached hydrogens (tertiary/aromatic N) is 6. The van der Waals surface area contributed by atoms with Crippen LogP contribution in [0.25, 0.3) is 20.9 Å². The first-order valence-corrected chi connectivity index (χ1v) is 14.6. The van der Waals surface area contributed by atoms with Crippen LogP contribution in [0.2, 0.25) is 0 Å². The molecule has 2 fully saturated rings. The molecule has 16 heteroatoms. The van der Waals surface area contributed by atoms with Crippen molar-refractivity contribution in [2.75, 3.05) is 13.2 Å². The van der Waals surface area contributed by atoms with E-state index in [-0.39, 0.29) is 13.2 Å². The third-order valence-electron chi connectivity index (χ3n) is 5.77. The molecule has 0 N–H and O–H groups in total. The van der Waals surface area contributed by atoms with Gasteiger partial charge in [0.25, 0.3) is 12.9 Å². The summed E-state index contributed by atoms with van der Waals surface area (Å²) < 4.78 is 35.8. The molecular weight excluding hydrogens is 778 g/mol. The largest absolute Gasteiger partial charge is 0.459 e. The molecule has 14 nitrogen and oxygen atoms in total. The Morgan fingerprint density at radius 1 is 0.738 bits per heavy atom. The second-order valence-corrected chi connectivity index (χ2v) is 9.50. The molecule has 6 atom stereocenters. The van der Waals surface area contributed by atoms with Crippen LogP contribution in [-0.4, -0.2) is 50.6 Å². The van der Waals surface area contributed by atoms with Gasteiger partial charge in [0.15, 0.2) is 24.8 Å². The van der Waals surface area contributed by atoms with Crippen molar-refractivity contribution in [1.29, 1.82) is 0 Å². The number of hydrogen-bond acceptors (Lipinski definition) is 10. The van der Waals surface area contributed by atoms with Gasteiger partial charge in [0.1, 0.15) is 12.2 Å². The van der Waals surface area contributed by atoms with Crippen molar-refractivity contribution in [3.8, 4) is 0 Å². The molecule has 2 aliphatic heterocycles. The van der Waals surface area contributed by atoms with Crippen LogP contribution in [0.15, 0.2) is 90.5 Å². The molecule has 0 radical (unpaired) electrons. The van der Waals surface area contributed by atoms with Crippen LogP contribution in [0, 0.1) is 0 Å². The summed E-state index contributed by atoms with van der Waals surface area (Å²) in [5, 5.41) is 7.17. The number of carbonyl (C=O) groups excluding carboxylic acids is 2. The fourth-order valence-corrected chi connectivity index (χ4v) is 4.86. The van der Waals surface area contributed by atoms with Crippen LogP contribution in [0.3, 0.4) is 0 Å². The van der Waals surface area contributed by atoms with Gasteiger partial charge in [-0.25, -0.2) is 0 Å². The predicted octanol–water partition coefficient (Wildman–Crippen LogP) is 6.46. The first kappa shape index (κ1) is 33.3. The zero-order chi connectivity index (χ0) is 30.2. The van der Waals surface area contributed by atoms with Crippen molar-refractivity contribution in [3.05, 3.63) is 112 Å². The average molecular weight is 802 g/mol. The highest BCUT2D eigenvalue weighted by Crippen LogP contribution is 2.33. The second kappa shape index (κ2) is 18.3. The molecule has 2 heterocycles. The van der Waals surface area contributed by atoms with Crippen molar-refractivity contribution in [2.24, 2.45) is 10.2 Å². The minimum atomic E-state index is -0.679. The van der Waals surface area contributed by atoms with Crippen LogP contribution in [-0.2, 0) is 38.0 Å². The highest BCUT2D eigenvalue weighted by atomic mass is 127. The third-order valence-corrected chi connectivity index (χ3v) is 7.05. The number of rotatable bonds is 10. The van der Waals surface area contributed by atoms with Crippen LogP contribution in [0.1, 0.15) is 23.7 Å². The number of azide groups is 2. The summed E-state index contributed by atoms with van der Waals surface area (Å²) >= 11 is 3.89. The first-order chi connectivity index (χ1) is 20.6. The summed E-state index contributed by atoms with van der Waals surface area (Å²) in [4.78, 5) is 26.7. The topological polar surface area (TPSA) is 187 Å². The molecule has 0 saturated carbocycles. The quantitative estimate of drug-likeness (QED) is 0.0861. The van der Waals surface area contributed by atoms with Crippen molar-refractivity contribution in [2.45, 2.75) is 37.0 Å². The molecule has 2 saturated heterocycles. The Balaban J connectivity index is 0.000000230. The van der Waals surface area contributed by atoms with E-state index in [1.54, 1.807) is 8.17 Å². The van der Waals surface area contributed by atoms with E-state index in [2.05, 4.69) is 20.1 Å². The maximum atomic E-state index is 10.6. The lowest BCUT2D eigenvalue weighted by atomic mass is 10.1. The van der Waals surface area contributed by atoms with Gasteiger partial charge >= 0.3 is 0 Å². The Bertz CT molecular complexity index is 1220. The van der Waals surface area contributed by atoms with Crippen LogP contribution < -0.4 is 0 Å². The van der Waals surface area contributed by atoms with Gasteiger partial charge in [-0.05, 0) is 19.2 Å².